The van der Waals surface area contributed by atoms with Gasteiger partial charge in [-0.1, -0.05) is 0 Å². The van der Waals surface area contributed by atoms with Crippen LogP contribution in [0, 0.1) is 0 Å². The van der Waals surface area contributed by atoms with Crippen LogP contribution in [0.15, 0.2) is 10.9 Å². The number of aldehydes is 1. The predicted octanol–water partition coefficient (Wildman–Crippen LogP) is 0.989. The summed E-state index contributed by atoms with van der Waals surface area (Å²) in [6.45, 7) is 1.97. The SMILES string of the molecule is CCOC(=O)C(C=O)c1cscn1. The molecule has 1 rings (SSSR count). The summed E-state index contributed by atoms with van der Waals surface area (Å²) >= 11 is 1.34. The molecule has 4 nitrogen and oxygen atoms in total. The third-order valence-corrected chi connectivity index (χ3v) is 2.05. The molecule has 0 spiro atoms. The number of aromatic nitrogens is 1. The molecule has 0 amide bonds. The molecule has 0 radical (unpaired) electrons. The number of ether oxygens (including phenoxy) is 1. The van der Waals surface area contributed by atoms with E-state index in [1.54, 1.807) is 17.8 Å². The lowest BCUT2D eigenvalue weighted by molar-refractivity contribution is -0.146. The van der Waals surface area contributed by atoms with Gasteiger partial charge in [0.25, 0.3) is 0 Å². The van der Waals surface area contributed by atoms with E-state index in [1.807, 2.05) is 0 Å². The summed E-state index contributed by atoms with van der Waals surface area (Å²) in [5.74, 6) is -1.41. The number of thiazole rings is 1. The Kier molecular flexibility index (Phi) is 3.57. The van der Waals surface area contributed by atoms with E-state index in [1.165, 1.54) is 11.3 Å². The van der Waals surface area contributed by atoms with Crippen LogP contribution in [-0.2, 0) is 14.3 Å². The van der Waals surface area contributed by atoms with Crippen LogP contribution in [0.25, 0.3) is 0 Å². The van der Waals surface area contributed by atoms with Crippen LogP contribution < -0.4 is 0 Å². The summed E-state index contributed by atoms with van der Waals surface area (Å²) in [5, 5.41) is 1.66. The summed E-state index contributed by atoms with van der Waals surface area (Å²) < 4.78 is 4.71. The van der Waals surface area contributed by atoms with Gasteiger partial charge in [-0.15, -0.1) is 11.3 Å². The van der Waals surface area contributed by atoms with Crippen LogP contribution >= 0.6 is 11.3 Å². The Labute approximate surface area is 79.6 Å². The minimum Gasteiger partial charge on any atom is -0.465 e. The Balaban J connectivity index is 2.74. The summed E-state index contributed by atoms with van der Waals surface area (Å²) in [7, 11) is 0. The number of esters is 1. The average Bonchev–Trinajstić information content (AvgIpc) is 2.59. The van der Waals surface area contributed by atoms with Crippen LogP contribution in [0.3, 0.4) is 0 Å². The highest BCUT2D eigenvalue weighted by Crippen LogP contribution is 2.14. The van der Waals surface area contributed by atoms with Crippen molar-refractivity contribution >= 4 is 23.6 Å². The summed E-state index contributed by atoms with van der Waals surface area (Å²) in [4.78, 5) is 25.6. The van der Waals surface area contributed by atoms with Gasteiger partial charge in [0.15, 0.2) is 5.92 Å². The largest absolute Gasteiger partial charge is 0.465 e. The molecule has 70 valence electrons. The van der Waals surface area contributed by atoms with Gasteiger partial charge in [-0.25, -0.2) is 4.98 Å². The van der Waals surface area contributed by atoms with Gasteiger partial charge in [0.2, 0.25) is 0 Å². The topological polar surface area (TPSA) is 56.3 Å². The maximum Gasteiger partial charge on any atom is 0.322 e. The van der Waals surface area contributed by atoms with Crippen molar-refractivity contribution in [3.8, 4) is 0 Å². The molecule has 0 aromatic carbocycles. The van der Waals surface area contributed by atoms with Crippen LogP contribution in [0.5, 0.6) is 0 Å². The first-order valence-electron chi connectivity index (χ1n) is 3.79. The molecule has 1 aromatic rings. The Morgan fingerprint density at radius 1 is 1.85 bits per heavy atom. The van der Waals surface area contributed by atoms with Crippen molar-refractivity contribution < 1.29 is 14.3 Å². The molecular weight excluding hydrogens is 190 g/mol. The van der Waals surface area contributed by atoms with E-state index in [4.69, 9.17) is 4.74 Å². The fourth-order valence-corrected chi connectivity index (χ4v) is 1.44. The third kappa shape index (κ3) is 2.35. The molecule has 0 saturated carbocycles. The highest BCUT2D eigenvalue weighted by Gasteiger charge is 2.22. The van der Waals surface area contributed by atoms with E-state index in [0.717, 1.165) is 0 Å². The van der Waals surface area contributed by atoms with E-state index < -0.39 is 11.9 Å². The van der Waals surface area contributed by atoms with Crippen molar-refractivity contribution in [2.75, 3.05) is 6.61 Å². The van der Waals surface area contributed by atoms with E-state index >= 15 is 0 Å². The molecule has 0 saturated heterocycles. The predicted molar refractivity (Wildman–Crippen MR) is 47.6 cm³/mol. The van der Waals surface area contributed by atoms with Crippen molar-refractivity contribution in [3.05, 3.63) is 16.6 Å². The van der Waals surface area contributed by atoms with Crippen LogP contribution in [0.1, 0.15) is 18.5 Å². The van der Waals surface area contributed by atoms with Crippen LogP contribution in [0.2, 0.25) is 0 Å². The molecule has 0 bridgehead atoms. The molecule has 0 fully saturated rings. The molecule has 0 aliphatic heterocycles. The second kappa shape index (κ2) is 4.71. The number of nitrogens with zero attached hydrogens (tertiary/aromatic N) is 1. The Morgan fingerprint density at radius 2 is 2.62 bits per heavy atom. The molecule has 1 atom stereocenters. The first-order chi connectivity index (χ1) is 6.29. The van der Waals surface area contributed by atoms with Gasteiger partial charge in [0.05, 0.1) is 17.8 Å². The second-order valence-corrected chi connectivity index (χ2v) is 3.00. The summed E-state index contributed by atoms with van der Waals surface area (Å²) in [5.41, 5.74) is 2.03. The lowest BCUT2D eigenvalue weighted by Crippen LogP contribution is -2.17. The van der Waals surface area contributed by atoms with Gasteiger partial charge in [0.1, 0.15) is 6.29 Å². The number of carbonyl (C=O) groups excluding carboxylic acids is 2. The number of carbonyl (C=O) groups is 2. The first-order valence-corrected chi connectivity index (χ1v) is 4.74. The highest BCUT2D eigenvalue weighted by atomic mass is 32.1. The lowest BCUT2D eigenvalue weighted by atomic mass is 10.1. The third-order valence-electron chi connectivity index (χ3n) is 1.45. The quantitative estimate of drug-likeness (QED) is 0.412. The standard InChI is InChI=1S/C8H9NO3S/c1-2-12-8(11)6(3-10)7-4-13-5-9-7/h3-6H,2H2,1H3. The zero-order valence-electron chi connectivity index (χ0n) is 7.10. The monoisotopic (exact) mass is 199 g/mol. The second-order valence-electron chi connectivity index (χ2n) is 2.28. The van der Waals surface area contributed by atoms with Crippen LogP contribution in [0.4, 0.5) is 0 Å². The first kappa shape index (κ1) is 9.85. The van der Waals surface area contributed by atoms with Gasteiger partial charge >= 0.3 is 5.97 Å². The van der Waals surface area contributed by atoms with Gasteiger partial charge in [-0.3, -0.25) is 4.79 Å². The van der Waals surface area contributed by atoms with Gasteiger partial charge < -0.3 is 9.53 Å². The fourth-order valence-electron chi connectivity index (χ4n) is 0.854. The highest BCUT2D eigenvalue weighted by molar-refractivity contribution is 7.07. The Hall–Kier alpha value is -1.23. The maximum absolute atomic E-state index is 11.2. The average molecular weight is 199 g/mol. The fraction of sp³-hybridized carbons (Fsp3) is 0.375. The van der Waals surface area contributed by atoms with Crippen molar-refractivity contribution in [2.24, 2.45) is 0 Å². The Bertz CT molecular complexity index is 284. The molecule has 1 aromatic heterocycles. The zero-order chi connectivity index (χ0) is 9.68. The van der Waals surface area contributed by atoms with Crippen LogP contribution in [-0.4, -0.2) is 23.8 Å². The van der Waals surface area contributed by atoms with Gasteiger partial charge in [-0.2, -0.15) is 0 Å². The van der Waals surface area contributed by atoms with Gasteiger partial charge in [-0.05, 0) is 6.92 Å². The minimum atomic E-state index is -0.869. The summed E-state index contributed by atoms with van der Waals surface area (Å²) in [6, 6.07) is 0. The summed E-state index contributed by atoms with van der Waals surface area (Å²) in [6.07, 6.45) is 0.549. The van der Waals surface area contributed by atoms with Crippen molar-refractivity contribution in [1.29, 1.82) is 0 Å². The molecule has 0 aliphatic carbocycles. The van der Waals surface area contributed by atoms with E-state index in [0.29, 0.717) is 12.0 Å². The number of rotatable bonds is 4. The minimum absolute atomic E-state index is 0.271. The van der Waals surface area contributed by atoms with E-state index in [9.17, 15) is 9.59 Å². The molecular formula is C8H9NO3S. The number of hydrogen-bond donors (Lipinski definition) is 0. The Morgan fingerprint density at radius 3 is 3.08 bits per heavy atom. The van der Waals surface area contributed by atoms with E-state index in [-0.39, 0.29) is 6.61 Å². The maximum atomic E-state index is 11.2. The molecule has 13 heavy (non-hydrogen) atoms. The van der Waals surface area contributed by atoms with Crippen molar-refractivity contribution in [1.82, 2.24) is 4.98 Å². The van der Waals surface area contributed by atoms with Gasteiger partial charge in [0, 0.05) is 5.38 Å². The van der Waals surface area contributed by atoms with Crippen molar-refractivity contribution in [2.45, 2.75) is 12.8 Å². The number of hydrogen-bond acceptors (Lipinski definition) is 5. The molecule has 1 heterocycles. The smallest absolute Gasteiger partial charge is 0.322 e. The molecule has 1 unspecified atom stereocenters. The molecule has 5 heteroatoms. The molecule has 0 N–H and O–H groups in total. The normalized spacial score (nSPS) is 12.1. The molecule has 0 aliphatic rings. The zero-order valence-corrected chi connectivity index (χ0v) is 7.91. The van der Waals surface area contributed by atoms with Crippen molar-refractivity contribution in [3.63, 3.8) is 0 Å². The lowest BCUT2D eigenvalue weighted by Gasteiger charge is -2.05. The van der Waals surface area contributed by atoms with E-state index in [2.05, 4.69) is 4.98 Å².